The number of aryl methyl sites for hydroxylation is 1. The van der Waals surface area contributed by atoms with E-state index in [1.807, 2.05) is 24.5 Å². The van der Waals surface area contributed by atoms with Crippen molar-refractivity contribution in [3.63, 3.8) is 0 Å². The lowest BCUT2D eigenvalue weighted by Gasteiger charge is -2.36. The maximum absolute atomic E-state index is 11.0. The molecule has 7 heteroatoms. The molecule has 0 unspecified atom stereocenters. The van der Waals surface area contributed by atoms with Crippen LogP contribution in [0.3, 0.4) is 0 Å². The maximum Gasteiger partial charge on any atom is 0.222 e. The van der Waals surface area contributed by atoms with Gasteiger partial charge in [-0.2, -0.15) is 4.98 Å². The summed E-state index contributed by atoms with van der Waals surface area (Å²) in [6.07, 6.45) is 6.51. The van der Waals surface area contributed by atoms with Crippen molar-refractivity contribution in [3.8, 4) is 0 Å². The van der Waals surface area contributed by atoms with E-state index in [-0.39, 0.29) is 12.1 Å². The van der Waals surface area contributed by atoms with Gasteiger partial charge >= 0.3 is 0 Å². The normalized spacial score (nSPS) is 28.7. The first-order valence-corrected chi connectivity index (χ1v) is 10.7. The molecule has 1 saturated heterocycles. The molecule has 6 rings (SSSR count). The van der Waals surface area contributed by atoms with Crippen molar-refractivity contribution >= 4 is 22.8 Å². The van der Waals surface area contributed by atoms with E-state index in [0.717, 1.165) is 67.7 Å². The summed E-state index contributed by atoms with van der Waals surface area (Å²) in [4.78, 5) is 16.0. The quantitative estimate of drug-likeness (QED) is 0.698. The van der Waals surface area contributed by atoms with Gasteiger partial charge in [-0.25, -0.2) is 9.97 Å². The summed E-state index contributed by atoms with van der Waals surface area (Å²) < 4.78 is 2.18. The Kier molecular flexibility index (Phi) is 3.81. The number of rotatable bonds is 2. The Morgan fingerprint density at radius 2 is 1.86 bits per heavy atom. The Labute approximate surface area is 169 Å². The number of fused-ring (bicyclic) bond motifs is 3. The average molecular weight is 390 g/mol. The molecule has 3 heterocycles. The molecule has 0 amide bonds. The molecule has 0 radical (unpaired) electrons. The van der Waals surface area contributed by atoms with Crippen LogP contribution < -0.4 is 10.6 Å². The van der Waals surface area contributed by atoms with Gasteiger partial charge in [0.05, 0.1) is 35.2 Å². The van der Waals surface area contributed by atoms with Gasteiger partial charge in [-0.3, -0.25) is 0 Å². The molecule has 3 aliphatic rings. The van der Waals surface area contributed by atoms with Crippen LogP contribution in [-0.4, -0.2) is 43.8 Å². The number of aliphatic hydroxyl groups excluding tert-OH is 1. The molecule has 2 aliphatic carbocycles. The molecule has 150 valence electrons. The Morgan fingerprint density at radius 3 is 2.76 bits per heavy atom. The second-order valence-electron chi connectivity index (χ2n) is 8.86. The number of aromatic nitrogens is 4. The van der Waals surface area contributed by atoms with Gasteiger partial charge in [0, 0.05) is 18.7 Å². The van der Waals surface area contributed by atoms with Gasteiger partial charge in [-0.05, 0) is 56.1 Å². The summed E-state index contributed by atoms with van der Waals surface area (Å²) in [5.41, 5.74) is 10.5. The Balaban J connectivity index is 1.29. The fourth-order valence-corrected chi connectivity index (χ4v) is 5.81. The van der Waals surface area contributed by atoms with Crippen molar-refractivity contribution in [1.82, 2.24) is 19.5 Å². The van der Waals surface area contributed by atoms with Crippen molar-refractivity contribution in [1.29, 1.82) is 0 Å². The Hall–Kier alpha value is -2.67. The topological polar surface area (TPSA) is 93.1 Å². The van der Waals surface area contributed by atoms with Crippen molar-refractivity contribution < 1.29 is 5.11 Å². The first-order chi connectivity index (χ1) is 14.2. The molecule has 1 aliphatic heterocycles. The van der Waals surface area contributed by atoms with Crippen LogP contribution in [-0.2, 0) is 12.8 Å². The zero-order valence-electron chi connectivity index (χ0n) is 16.4. The SMILES string of the molecule is Nc1nc2c(c(N3C[C@H]4C[C@@H](n5cnc6ccccc65)[C@H](O)C[C@H]4C3)n1)CCC2. The molecule has 1 aromatic carbocycles. The maximum atomic E-state index is 11.0. The summed E-state index contributed by atoms with van der Waals surface area (Å²) >= 11 is 0. The third-order valence-corrected chi connectivity index (χ3v) is 7.18. The third-order valence-electron chi connectivity index (χ3n) is 7.18. The number of nitrogens with two attached hydrogens (primary N) is 1. The van der Waals surface area contributed by atoms with Gasteiger partial charge in [-0.15, -0.1) is 0 Å². The van der Waals surface area contributed by atoms with Crippen LogP contribution >= 0.6 is 0 Å². The number of anilines is 2. The van der Waals surface area contributed by atoms with Crippen molar-refractivity contribution in [2.45, 2.75) is 44.2 Å². The lowest BCUT2D eigenvalue weighted by molar-refractivity contribution is 0.0375. The second kappa shape index (κ2) is 6.42. The van der Waals surface area contributed by atoms with Gasteiger partial charge in [0.15, 0.2) is 0 Å². The van der Waals surface area contributed by atoms with Gasteiger partial charge < -0.3 is 20.3 Å². The minimum Gasteiger partial charge on any atom is -0.391 e. The van der Waals surface area contributed by atoms with E-state index in [4.69, 9.17) is 5.73 Å². The van der Waals surface area contributed by atoms with E-state index >= 15 is 0 Å². The van der Waals surface area contributed by atoms with Crippen LogP contribution in [0.1, 0.15) is 36.6 Å². The molecule has 4 atom stereocenters. The zero-order chi connectivity index (χ0) is 19.5. The molecule has 2 aromatic heterocycles. The van der Waals surface area contributed by atoms with E-state index in [1.54, 1.807) is 0 Å². The second-order valence-corrected chi connectivity index (χ2v) is 8.86. The molecule has 0 bridgehead atoms. The average Bonchev–Trinajstić information content (AvgIpc) is 3.44. The number of para-hydroxylation sites is 2. The highest BCUT2D eigenvalue weighted by Crippen LogP contribution is 2.44. The summed E-state index contributed by atoms with van der Waals surface area (Å²) in [7, 11) is 0. The molecular formula is C22H26N6O. The highest BCUT2D eigenvalue weighted by Gasteiger charge is 2.43. The highest BCUT2D eigenvalue weighted by molar-refractivity contribution is 5.75. The minimum absolute atomic E-state index is 0.0739. The predicted octanol–water partition coefficient (Wildman–Crippen LogP) is 2.35. The number of aliphatic hydroxyl groups is 1. The standard InChI is InChI=1S/C22H26N6O/c23-22-25-16-6-3-4-15(16)21(26-22)27-10-13-8-19(20(29)9-14(13)11-27)28-12-24-17-5-1-2-7-18(17)28/h1-2,5,7,12-14,19-20,29H,3-4,6,8-11H2,(H2,23,25,26)/t13-,14+,19-,20-/m1/s1. The first kappa shape index (κ1) is 17.2. The van der Waals surface area contributed by atoms with Crippen molar-refractivity contribution in [3.05, 3.63) is 41.9 Å². The van der Waals surface area contributed by atoms with E-state index in [2.05, 4.69) is 30.5 Å². The lowest BCUT2D eigenvalue weighted by atomic mass is 9.77. The zero-order valence-corrected chi connectivity index (χ0v) is 16.4. The predicted molar refractivity (Wildman–Crippen MR) is 112 cm³/mol. The van der Waals surface area contributed by atoms with Crippen LogP contribution in [0.15, 0.2) is 30.6 Å². The largest absolute Gasteiger partial charge is 0.391 e. The van der Waals surface area contributed by atoms with E-state index in [0.29, 0.717) is 17.8 Å². The number of nitrogen functional groups attached to an aromatic ring is 1. The summed E-state index contributed by atoms with van der Waals surface area (Å²) in [6.45, 7) is 1.92. The molecule has 29 heavy (non-hydrogen) atoms. The van der Waals surface area contributed by atoms with Crippen molar-refractivity contribution in [2.24, 2.45) is 11.8 Å². The van der Waals surface area contributed by atoms with Crippen LogP contribution in [0.4, 0.5) is 11.8 Å². The highest BCUT2D eigenvalue weighted by atomic mass is 16.3. The molecule has 2 fully saturated rings. The number of hydrogen-bond donors (Lipinski definition) is 2. The van der Waals surface area contributed by atoms with E-state index < -0.39 is 0 Å². The fraction of sp³-hybridized carbons (Fsp3) is 0.500. The third kappa shape index (κ3) is 2.71. The number of imidazole rings is 1. The van der Waals surface area contributed by atoms with Gasteiger partial charge in [-0.1, -0.05) is 12.1 Å². The number of hydrogen-bond acceptors (Lipinski definition) is 6. The Morgan fingerprint density at radius 1 is 1.03 bits per heavy atom. The first-order valence-electron chi connectivity index (χ1n) is 10.7. The lowest BCUT2D eigenvalue weighted by Crippen LogP contribution is -2.36. The molecule has 7 nitrogen and oxygen atoms in total. The molecule has 0 spiro atoms. The van der Waals surface area contributed by atoms with Gasteiger partial charge in [0.1, 0.15) is 5.82 Å². The summed E-state index contributed by atoms with van der Waals surface area (Å²) in [6, 6.07) is 8.24. The van der Waals surface area contributed by atoms with Crippen LogP contribution in [0.25, 0.3) is 11.0 Å². The summed E-state index contributed by atoms with van der Waals surface area (Å²) in [5.74, 6) is 2.46. The molecule has 3 aromatic rings. The molecule has 3 N–H and O–H groups in total. The monoisotopic (exact) mass is 390 g/mol. The summed E-state index contributed by atoms with van der Waals surface area (Å²) in [5, 5.41) is 11.0. The Bertz CT molecular complexity index is 1080. The van der Waals surface area contributed by atoms with Crippen LogP contribution in [0.2, 0.25) is 0 Å². The smallest absolute Gasteiger partial charge is 0.222 e. The number of nitrogens with zero attached hydrogens (tertiary/aromatic N) is 5. The van der Waals surface area contributed by atoms with Crippen LogP contribution in [0, 0.1) is 11.8 Å². The van der Waals surface area contributed by atoms with E-state index in [9.17, 15) is 5.11 Å². The molecule has 1 saturated carbocycles. The number of benzene rings is 1. The fourth-order valence-electron chi connectivity index (χ4n) is 5.81. The van der Waals surface area contributed by atoms with Gasteiger partial charge in [0.25, 0.3) is 0 Å². The molecular weight excluding hydrogens is 364 g/mol. The van der Waals surface area contributed by atoms with E-state index in [1.165, 1.54) is 5.56 Å². The minimum atomic E-state index is -0.352. The van der Waals surface area contributed by atoms with Gasteiger partial charge in [0.2, 0.25) is 5.95 Å². The van der Waals surface area contributed by atoms with Crippen molar-refractivity contribution in [2.75, 3.05) is 23.7 Å². The van der Waals surface area contributed by atoms with Crippen LogP contribution in [0.5, 0.6) is 0 Å².